The van der Waals surface area contributed by atoms with Gasteiger partial charge in [0.05, 0.1) is 23.3 Å². The standard InChI is InChI=1S/C16H12F3N3O2S/c17-14-4-2-1-3-11(14)9-22-10-12(8-20-22)21-25(23,24)13-5-6-15(18)16(19)7-13/h1-8,10,21H,9H2. The molecule has 3 rings (SSSR count). The molecule has 0 aliphatic rings. The molecule has 0 aliphatic carbocycles. The fraction of sp³-hybridized carbons (Fsp3) is 0.0625. The molecular formula is C16H12F3N3O2S. The Morgan fingerprint density at radius 2 is 1.76 bits per heavy atom. The number of nitrogens with zero attached hydrogens (tertiary/aromatic N) is 2. The SMILES string of the molecule is O=S(=O)(Nc1cnn(Cc2ccccc2F)c1)c1ccc(F)c(F)c1. The molecule has 1 N–H and O–H groups in total. The van der Waals surface area contributed by atoms with Gasteiger partial charge in [0.2, 0.25) is 0 Å². The van der Waals surface area contributed by atoms with Crippen LogP contribution in [0.1, 0.15) is 5.56 Å². The number of rotatable bonds is 5. The van der Waals surface area contributed by atoms with Crippen LogP contribution in [-0.4, -0.2) is 18.2 Å². The molecule has 130 valence electrons. The van der Waals surface area contributed by atoms with Crippen LogP contribution >= 0.6 is 0 Å². The minimum Gasteiger partial charge on any atom is -0.276 e. The highest BCUT2D eigenvalue weighted by molar-refractivity contribution is 7.92. The summed E-state index contributed by atoms with van der Waals surface area (Å²) in [6.45, 7) is 0.111. The second kappa shape index (κ2) is 6.60. The van der Waals surface area contributed by atoms with Crippen molar-refractivity contribution in [2.75, 3.05) is 4.72 Å². The third-order valence-corrected chi connectivity index (χ3v) is 4.76. The molecule has 0 aliphatic heterocycles. The summed E-state index contributed by atoms with van der Waals surface area (Å²) in [5, 5.41) is 3.95. The Bertz CT molecular complexity index is 1020. The summed E-state index contributed by atoms with van der Waals surface area (Å²) in [4.78, 5) is -0.423. The van der Waals surface area contributed by atoms with Gasteiger partial charge in [-0.15, -0.1) is 0 Å². The van der Waals surface area contributed by atoms with Gasteiger partial charge in [-0.1, -0.05) is 18.2 Å². The van der Waals surface area contributed by atoms with E-state index in [1.807, 2.05) is 0 Å². The molecule has 0 saturated heterocycles. The molecular weight excluding hydrogens is 355 g/mol. The van der Waals surface area contributed by atoms with Crippen LogP contribution in [0.2, 0.25) is 0 Å². The summed E-state index contributed by atoms with van der Waals surface area (Å²) < 4.78 is 67.7. The molecule has 5 nitrogen and oxygen atoms in total. The van der Waals surface area contributed by atoms with Gasteiger partial charge in [0.25, 0.3) is 10.0 Å². The highest BCUT2D eigenvalue weighted by Gasteiger charge is 2.17. The largest absolute Gasteiger partial charge is 0.276 e. The third-order valence-electron chi connectivity index (χ3n) is 3.38. The van der Waals surface area contributed by atoms with Crippen molar-refractivity contribution in [2.45, 2.75) is 11.4 Å². The van der Waals surface area contributed by atoms with E-state index in [1.165, 1.54) is 23.1 Å². The average Bonchev–Trinajstić information content (AvgIpc) is 2.98. The quantitative estimate of drug-likeness (QED) is 0.754. The van der Waals surface area contributed by atoms with Gasteiger partial charge in [-0.25, -0.2) is 21.6 Å². The van der Waals surface area contributed by atoms with Crippen LogP contribution in [-0.2, 0) is 16.6 Å². The van der Waals surface area contributed by atoms with E-state index in [1.54, 1.807) is 18.2 Å². The van der Waals surface area contributed by atoms with Gasteiger partial charge in [0.1, 0.15) is 5.82 Å². The topological polar surface area (TPSA) is 64.0 Å². The van der Waals surface area contributed by atoms with E-state index in [0.717, 1.165) is 12.1 Å². The number of anilines is 1. The van der Waals surface area contributed by atoms with Gasteiger partial charge in [0, 0.05) is 11.8 Å². The lowest BCUT2D eigenvalue weighted by Gasteiger charge is -2.06. The van der Waals surface area contributed by atoms with Crippen LogP contribution < -0.4 is 4.72 Å². The first-order valence-electron chi connectivity index (χ1n) is 7.09. The maximum absolute atomic E-state index is 13.6. The first-order chi connectivity index (χ1) is 11.8. The summed E-state index contributed by atoms with van der Waals surface area (Å²) in [5.41, 5.74) is 0.502. The number of halogens is 3. The Labute approximate surface area is 141 Å². The lowest BCUT2D eigenvalue weighted by Crippen LogP contribution is -2.13. The smallest absolute Gasteiger partial charge is 0.262 e. The molecule has 0 unspecified atom stereocenters. The maximum Gasteiger partial charge on any atom is 0.262 e. The highest BCUT2D eigenvalue weighted by Crippen LogP contribution is 2.18. The Balaban J connectivity index is 1.78. The minimum absolute atomic E-state index is 0.111. The fourth-order valence-electron chi connectivity index (χ4n) is 2.16. The average molecular weight is 367 g/mol. The van der Waals surface area contributed by atoms with Crippen molar-refractivity contribution in [2.24, 2.45) is 0 Å². The van der Waals surface area contributed by atoms with Crippen molar-refractivity contribution in [3.63, 3.8) is 0 Å². The zero-order valence-electron chi connectivity index (χ0n) is 12.7. The van der Waals surface area contributed by atoms with Crippen LogP contribution in [0.5, 0.6) is 0 Å². The van der Waals surface area contributed by atoms with E-state index in [-0.39, 0.29) is 12.2 Å². The molecule has 0 spiro atoms. The Morgan fingerprint density at radius 3 is 2.48 bits per heavy atom. The first-order valence-corrected chi connectivity index (χ1v) is 8.57. The summed E-state index contributed by atoms with van der Waals surface area (Å²) in [5.74, 6) is -2.81. The molecule has 9 heteroatoms. The summed E-state index contributed by atoms with van der Waals surface area (Å²) in [6.07, 6.45) is 2.60. The molecule has 0 fully saturated rings. The molecule has 0 amide bonds. The van der Waals surface area contributed by atoms with Gasteiger partial charge in [-0.05, 0) is 24.3 Å². The Morgan fingerprint density at radius 1 is 1.00 bits per heavy atom. The normalized spacial score (nSPS) is 11.5. The molecule has 25 heavy (non-hydrogen) atoms. The van der Waals surface area contributed by atoms with Crippen LogP contribution in [0, 0.1) is 17.5 Å². The second-order valence-corrected chi connectivity index (χ2v) is 6.88. The Hall–Kier alpha value is -2.81. The van der Waals surface area contributed by atoms with E-state index < -0.39 is 32.4 Å². The number of aromatic nitrogens is 2. The van der Waals surface area contributed by atoms with Crippen molar-refractivity contribution in [1.82, 2.24) is 9.78 Å². The van der Waals surface area contributed by atoms with Gasteiger partial charge in [0.15, 0.2) is 11.6 Å². The zero-order chi connectivity index (χ0) is 18.0. The second-order valence-electron chi connectivity index (χ2n) is 5.20. The van der Waals surface area contributed by atoms with Crippen LogP contribution in [0.25, 0.3) is 0 Å². The van der Waals surface area contributed by atoms with E-state index >= 15 is 0 Å². The molecule has 0 atom stereocenters. The zero-order valence-corrected chi connectivity index (χ0v) is 13.5. The van der Waals surface area contributed by atoms with Gasteiger partial charge in [-0.2, -0.15) is 5.10 Å². The molecule has 0 bridgehead atoms. The minimum atomic E-state index is -4.10. The molecule has 2 aromatic carbocycles. The van der Waals surface area contributed by atoms with Gasteiger partial charge < -0.3 is 0 Å². The summed E-state index contributed by atoms with van der Waals surface area (Å²) in [7, 11) is -4.10. The van der Waals surface area contributed by atoms with E-state index in [0.29, 0.717) is 11.6 Å². The van der Waals surface area contributed by atoms with Crippen molar-refractivity contribution in [3.05, 3.63) is 77.9 Å². The molecule has 0 saturated carbocycles. The van der Waals surface area contributed by atoms with Crippen molar-refractivity contribution >= 4 is 15.7 Å². The number of benzene rings is 2. The monoisotopic (exact) mass is 367 g/mol. The summed E-state index contributed by atoms with van der Waals surface area (Å²) in [6, 6.07) is 8.39. The van der Waals surface area contributed by atoms with Crippen LogP contribution in [0.15, 0.2) is 59.8 Å². The van der Waals surface area contributed by atoms with E-state index in [4.69, 9.17) is 0 Å². The molecule has 1 heterocycles. The van der Waals surface area contributed by atoms with Crippen LogP contribution in [0.3, 0.4) is 0 Å². The number of hydrogen-bond acceptors (Lipinski definition) is 3. The molecule has 3 aromatic rings. The molecule has 0 radical (unpaired) electrons. The lowest BCUT2D eigenvalue weighted by atomic mass is 10.2. The van der Waals surface area contributed by atoms with Crippen molar-refractivity contribution < 1.29 is 21.6 Å². The van der Waals surface area contributed by atoms with Crippen molar-refractivity contribution in [3.8, 4) is 0 Å². The summed E-state index contributed by atoms with van der Waals surface area (Å²) >= 11 is 0. The lowest BCUT2D eigenvalue weighted by molar-refractivity contribution is 0.504. The first kappa shape index (κ1) is 17.0. The highest BCUT2D eigenvalue weighted by atomic mass is 32.2. The number of hydrogen-bond donors (Lipinski definition) is 1. The predicted molar refractivity (Wildman–Crippen MR) is 84.9 cm³/mol. The van der Waals surface area contributed by atoms with E-state index in [9.17, 15) is 21.6 Å². The Kier molecular flexibility index (Phi) is 4.49. The van der Waals surface area contributed by atoms with Crippen molar-refractivity contribution in [1.29, 1.82) is 0 Å². The van der Waals surface area contributed by atoms with E-state index in [2.05, 4.69) is 9.82 Å². The van der Waals surface area contributed by atoms with Gasteiger partial charge in [-0.3, -0.25) is 9.40 Å². The predicted octanol–water partition coefficient (Wildman–Crippen LogP) is 3.15. The number of sulfonamides is 1. The third kappa shape index (κ3) is 3.82. The van der Waals surface area contributed by atoms with Gasteiger partial charge >= 0.3 is 0 Å². The van der Waals surface area contributed by atoms with Crippen LogP contribution in [0.4, 0.5) is 18.9 Å². The molecule has 1 aromatic heterocycles. The maximum atomic E-state index is 13.6. The number of nitrogens with one attached hydrogen (secondary N) is 1. The fourth-order valence-corrected chi connectivity index (χ4v) is 3.20.